The fourth-order valence-electron chi connectivity index (χ4n) is 1.80. The van der Waals surface area contributed by atoms with Crippen molar-refractivity contribution >= 4 is 12.2 Å². The lowest BCUT2D eigenvalue weighted by atomic mass is 10.2. The molecule has 0 bridgehead atoms. The number of alkyl halides is 2. The largest absolute Gasteiger partial charge is 0.435 e. The van der Waals surface area contributed by atoms with E-state index in [1.165, 1.54) is 12.1 Å². The van der Waals surface area contributed by atoms with Crippen molar-refractivity contribution in [2.75, 3.05) is 0 Å². The molecule has 2 rings (SSSR count). The second-order valence-electron chi connectivity index (χ2n) is 4.22. The molecule has 0 fully saturated rings. The number of hydrogen-bond acceptors (Lipinski definition) is 3. The number of rotatable bonds is 4. The lowest BCUT2D eigenvalue weighted by molar-refractivity contribution is -0.0498. The van der Waals surface area contributed by atoms with Crippen LogP contribution in [0.4, 0.5) is 8.78 Å². The maximum absolute atomic E-state index is 12.2. The molecule has 0 atom stereocenters. The highest BCUT2D eigenvalue weighted by Crippen LogP contribution is 2.25. The van der Waals surface area contributed by atoms with Gasteiger partial charge in [-0.05, 0) is 38.2 Å². The maximum Gasteiger partial charge on any atom is 0.387 e. The number of benzene rings is 1. The van der Waals surface area contributed by atoms with Crippen LogP contribution in [-0.4, -0.2) is 21.4 Å². The Labute approximate surface area is 114 Å². The third kappa shape index (κ3) is 2.98. The first-order chi connectivity index (χ1) is 8.99. The van der Waals surface area contributed by atoms with E-state index in [2.05, 4.69) is 14.9 Å². The first kappa shape index (κ1) is 13.7. The number of nitrogens with one attached hydrogen (secondary N) is 1. The third-order valence-electron chi connectivity index (χ3n) is 2.54. The number of halogens is 2. The van der Waals surface area contributed by atoms with Crippen LogP contribution in [0, 0.1) is 4.77 Å². The Morgan fingerprint density at radius 2 is 2.11 bits per heavy atom. The lowest BCUT2D eigenvalue weighted by Crippen LogP contribution is -2.04. The van der Waals surface area contributed by atoms with Gasteiger partial charge in [0, 0.05) is 11.6 Å². The monoisotopic (exact) mass is 285 g/mol. The first-order valence-electron chi connectivity index (χ1n) is 5.71. The summed E-state index contributed by atoms with van der Waals surface area (Å²) in [6.07, 6.45) is 0. The van der Waals surface area contributed by atoms with E-state index in [0.29, 0.717) is 16.2 Å². The van der Waals surface area contributed by atoms with Gasteiger partial charge in [0.1, 0.15) is 5.75 Å². The standard InChI is InChI=1S/C12H13F2N3OS/c1-7(2)17-10(15-16-12(17)19)8-4-3-5-9(6-8)18-11(13)14/h3-7,11H,1-2H3,(H,16,19). The number of ether oxygens (including phenoxy) is 1. The van der Waals surface area contributed by atoms with Crippen molar-refractivity contribution in [2.24, 2.45) is 0 Å². The summed E-state index contributed by atoms with van der Waals surface area (Å²) in [7, 11) is 0. The van der Waals surface area contributed by atoms with Gasteiger partial charge < -0.3 is 4.74 Å². The molecule has 1 heterocycles. The molecule has 1 aromatic heterocycles. The third-order valence-corrected chi connectivity index (χ3v) is 2.83. The van der Waals surface area contributed by atoms with E-state index < -0.39 is 6.61 Å². The SMILES string of the molecule is CC(C)n1c(-c2cccc(OC(F)F)c2)n[nH]c1=S. The molecule has 1 aromatic carbocycles. The molecule has 0 saturated carbocycles. The Morgan fingerprint density at radius 3 is 2.74 bits per heavy atom. The average Bonchev–Trinajstić information content (AvgIpc) is 2.70. The van der Waals surface area contributed by atoms with Gasteiger partial charge in [0.15, 0.2) is 10.6 Å². The highest BCUT2D eigenvalue weighted by Gasteiger charge is 2.13. The minimum atomic E-state index is -2.85. The van der Waals surface area contributed by atoms with E-state index >= 15 is 0 Å². The number of H-pyrrole nitrogens is 1. The van der Waals surface area contributed by atoms with Crippen molar-refractivity contribution in [3.05, 3.63) is 29.0 Å². The van der Waals surface area contributed by atoms with Gasteiger partial charge in [0.2, 0.25) is 0 Å². The van der Waals surface area contributed by atoms with Crippen LogP contribution >= 0.6 is 12.2 Å². The zero-order valence-corrected chi connectivity index (χ0v) is 11.2. The summed E-state index contributed by atoms with van der Waals surface area (Å²) in [5, 5.41) is 6.83. The molecule has 102 valence electrons. The zero-order valence-electron chi connectivity index (χ0n) is 10.4. The Kier molecular flexibility index (Phi) is 3.94. The predicted octanol–water partition coefficient (Wildman–Crippen LogP) is 3.79. The van der Waals surface area contributed by atoms with Gasteiger partial charge in [-0.3, -0.25) is 9.67 Å². The van der Waals surface area contributed by atoms with Crippen LogP contribution in [0.15, 0.2) is 24.3 Å². The van der Waals surface area contributed by atoms with Gasteiger partial charge in [-0.25, -0.2) is 0 Å². The molecule has 1 N–H and O–H groups in total. The van der Waals surface area contributed by atoms with Crippen molar-refractivity contribution < 1.29 is 13.5 Å². The fourth-order valence-corrected chi connectivity index (χ4v) is 2.14. The van der Waals surface area contributed by atoms with Gasteiger partial charge in [-0.15, -0.1) is 0 Å². The van der Waals surface area contributed by atoms with Crippen molar-refractivity contribution in [1.82, 2.24) is 14.8 Å². The predicted molar refractivity (Wildman–Crippen MR) is 69.9 cm³/mol. The van der Waals surface area contributed by atoms with Crippen LogP contribution in [-0.2, 0) is 0 Å². The minimum Gasteiger partial charge on any atom is -0.435 e. The highest BCUT2D eigenvalue weighted by molar-refractivity contribution is 7.71. The number of aromatic nitrogens is 3. The molecule has 19 heavy (non-hydrogen) atoms. The topological polar surface area (TPSA) is 42.8 Å². The Morgan fingerprint density at radius 1 is 1.37 bits per heavy atom. The van der Waals surface area contributed by atoms with Crippen LogP contribution < -0.4 is 4.74 Å². The normalized spacial score (nSPS) is 11.3. The van der Waals surface area contributed by atoms with E-state index in [-0.39, 0.29) is 11.8 Å². The van der Waals surface area contributed by atoms with E-state index in [4.69, 9.17) is 12.2 Å². The molecular formula is C12H13F2N3OS. The maximum atomic E-state index is 12.2. The molecule has 0 aliphatic rings. The van der Waals surface area contributed by atoms with Crippen LogP contribution in [0.3, 0.4) is 0 Å². The quantitative estimate of drug-likeness (QED) is 0.869. The molecular weight excluding hydrogens is 272 g/mol. The van der Waals surface area contributed by atoms with E-state index in [0.717, 1.165) is 0 Å². The summed E-state index contributed by atoms with van der Waals surface area (Å²) in [5.74, 6) is 0.691. The molecule has 2 aromatic rings. The van der Waals surface area contributed by atoms with Gasteiger partial charge in [-0.2, -0.15) is 13.9 Å². The smallest absolute Gasteiger partial charge is 0.387 e. The molecule has 0 aliphatic carbocycles. The Hall–Kier alpha value is -1.76. The van der Waals surface area contributed by atoms with Crippen LogP contribution in [0.25, 0.3) is 11.4 Å². The number of hydrogen-bond donors (Lipinski definition) is 1. The molecule has 0 spiro atoms. The van der Waals surface area contributed by atoms with Crippen molar-refractivity contribution in [2.45, 2.75) is 26.5 Å². The van der Waals surface area contributed by atoms with E-state index in [1.54, 1.807) is 12.1 Å². The molecule has 4 nitrogen and oxygen atoms in total. The van der Waals surface area contributed by atoms with Gasteiger partial charge in [0.25, 0.3) is 0 Å². The first-order valence-corrected chi connectivity index (χ1v) is 6.12. The van der Waals surface area contributed by atoms with Gasteiger partial charge in [0.05, 0.1) is 0 Å². The molecule has 0 aliphatic heterocycles. The highest BCUT2D eigenvalue weighted by atomic mass is 32.1. The molecule has 0 unspecified atom stereocenters. The van der Waals surface area contributed by atoms with Crippen LogP contribution in [0.1, 0.15) is 19.9 Å². The molecule has 0 radical (unpaired) electrons. The molecule has 7 heteroatoms. The lowest BCUT2D eigenvalue weighted by Gasteiger charge is -2.11. The van der Waals surface area contributed by atoms with Gasteiger partial charge in [-0.1, -0.05) is 12.1 Å². The second-order valence-corrected chi connectivity index (χ2v) is 4.61. The molecule has 0 amide bonds. The molecule has 0 saturated heterocycles. The van der Waals surface area contributed by atoms with Crippen molar-refractivity contribution in [3.63, 3.8) is 0 Å². The summed E-state index contributed by atoms with van der Waals surface area (Å²) < 4.78 is 31.1. The number of aromatic amines is 1. The fraction of sp³-hybridized carbons (Fsp3) is 0.333. The Bertz CT molecular complexity index is 621. The zero-order chi connectivity index (χ0) is 14.0. The van der Waals surface area contributed by atoms with Crippen molar-refractivity contribution in [3.8, 4) is 17.1 Å². The van der Waals surface area contributed by atoms with Crippen LogP contribution in [0.5, 0.6) is 5.75 Å². The average molecular weight is 285 g/mol. The van der Waals surface area contributed by atoms with Crippen molar-refractivity contribution in [1.29, 1.82) is 0 Å². The second kappa shape index (κ2) is 5.48. The summed E-state index contributed by atoms with van der Waals surface area (Å²) in [5.41, 5.74) is 0.666. The van der Waals surface area contributed by atoms with E-state index in [1.807, 2.05) is 18.4 Å². The Balaban J connectivity index is 2.45. The summed E-state index contributed by atoms with van der Waals surface area (Å²) in [6, 6.07) is 6.49. The minimum absolute atomic E-state index is 0.0942. The van der Waals surface area contributed by atoms with Gasteiger partial charge >= 0.3 is 6.61 Å². The summed E-state index contributed by atoms with van der Waals surface area (Å²) in [6.45, 7) is 1.09. The van der Waals surface area contributed by atoms with E-state index in [9.17, 15) is 8.78 Å². The summed E-state index contributed by atoms with van der Waals surface area (Å²) >= 11 is 5.15. The number of nitrogens with zero attached hydrogens (tertiary/aromatic N) is 2. The van der Waals surface area contributed by atoms with Crippen LogP contribution in [0.2, 0.25) is 0 Å². The summed E-state index contributed by atoms with van der Waals surface area (Å²) in [4.78, 5) is 0.